The molecule has 0 bridgehead atoms. The van der Waals surface area contributed by atoms with Gasteiger partial charge in [0.2, 0.25) is 0 Å². The number of carbonyl (C=O) groups excluding carboxylic acids is 1. The summed E-state index contributed by atoms with van der Waals surface area (Å²) < 4.78 is 54.1. The molecule has 3 atom stereocenters. The standard InChI is InChI=1S/C28H28ClF4N3O3/c1-36-14-34-22(23(36)24(37)35-18-2-3-20(30)19(29)8-18)15-6-16-9-26(38,10-17(16)7-15)4-5-27(39)12-25(13-27)11-21(25)28(31,32)33/h2-3,8,14-17,21,38-39H,6-7,9-13H2,1H3,(H,35,37). The van der Waals surface area contributed by atoms with Crippen LogP contribution in [0.15, 0.2) is 24.5 Å². The van der Waals surface area contributed by atoms with E-state index in [9.17, 15) is 32.6 Å². The van der Waals surface area contributed by atoms with Crippen molar-refractivity contribution in [2.24, 2.45) is 30.2 Å². The Morgan fingerprint density at radius 3 is 2.36 bits per heavy atom. The van der Waals surface area contributed by atoms with Crippen LogP contribution in [-0.4, -0.2) is 43.0 Å². The first-order chi connectivity index (χ1) is 18.2. The van der Waals surface area contributed by atoms with Gasteiger partial charge in [0.15, 0.2) is 0 Å². The summed E-state index contributed by atoms with van der Waals surface area (Å²) in [4.78, 5) is 17.6. The minimum atomic E-state index is -4.24. The van der Waals surface area contributed by atoms with Gasteiger partial charge in [0.05, 0.1) is 23.0 Å². The molecule has 39 heavy (non-hydrogen) atoms. The van der Waals surface area contributed by atoms with Crippen molar-refractivity contribution in [2.45, 2.75) is 68.2 Å². The molecule has 208 valence electrons. The molecule has 0 aliphatic heterocycles. The molecule has 2 aromatic rings. The maximum atomic E-state index is 13.5. The van der Waals surface area contributed by atoms with Crippen LogP contribution < -0.4 is 5.32 Å². The lowest BCUT2D eigenvalue weighted by molar-refractivity contribution is -0.171. The summed E-state index contributed by atoms with van der Waals surface area (Å²) in [6.45, 7) is 0. The quantitative estimate of drug-likeness (QED) is 0.353. The number of aryl methyl sites for hydroxylation is 1. The number of nitrogens with one attached hydrogen (secondary N) is 1. The minimum Gasteiger partial charge on any atom is -0.378 e. The number of imidazole rings is 1. The van der Waals surface area contributed by atoms with Crippen molar-refractivity contribution in [2.75, 3.05) is 5.32 Å². The SMILES string of the molecule is Cn1cnc(C2CC3CC(O)(C#CC4(O)CC5(CC5C(F)(F)F)C4)CC3C2)c1C(=O)Nc1ccc(F)c(Cl)c1. The Balaban J connectivity index is 1.09. The summed E-state index contributed by atoms with van der Waals surface area (Å²) in [6.07, 6.45) is -0.423. The molecule has 6 nitrogen and oxygen atoms in total. The molecular formula is C28H28ClF4N3O3. The molecule has 1 aromatic heterocycles. The number of alkyl halides is 3. The van der Waals surface area contributed by atoms with Gasteiger partial charge in [-0.2, -0.15) is 13.2 Å². The van der Waals surface area contributed by atoms with E-state index in [2.05, 4.69) is 22.1 Å². The van der Waals surface area contributed by atoms with Crippen LogP contribution in [-0.2, 0) is 7.05 Å². The Morgan fingerprint density at radius 1 is 1.13 bits per heavy atom. The number of anilines is 1. The first-order valence-electron chi connectivity index (χ1n) is 13.0. The molecule has 1 spiro atoms. The Hall–Kier alpha value is -2.61. The highest BCUT2D eigenvalue weighted by molar-refractivity contribution is 6.31. The van der Waals surface area contributed by atoms with Gasteiger partial charge in [-0.15, -0.1) is 0 Å². The zero-order valence-electron chi connectivity index (χ0n) is 21.2. The molecule has 4 saturated carbocycles. The second-order valence-electron chi connectivity index (χ2n) is 12.1. The highest BCUT2D eigenvalue weighted by Crippen LogP contribution is 2.73. The molecule has 0 saturated heterocycles. The van der Waals surface area contributed by atoms with E-state index < -0.39 is 34.5 Å². The van der Waals surface area contributed by atoms with Crippen molar-refractivity contribution >= 4 is 23.2 Å². The Bertz CT molecular complexity index is 1390. The van der Waals surface area contributed by atoms with E-state index in [1.807, 2.05) is 0 Å². The lowest BCUT2D eigenvalue weighted by Crippen LogP contribution is -2.46. The minimum absolute atomic E-state index is 0.00103. The monoisotopic (exact) mass is 565 g/mol. The van der Waals surface area contributed by atoms with E-state index in [0.29, 0.717) is 42.8 Å². The average Bonchev–Trinajstić information content (AvgIpc) is 3.07. The lowest BCUT2D eigenvalue weighted by Gasteiger charge is -2.42. The third-order valence-corrected chi connectivity index (χ3v) is 9.48. The van der Waals surface area contributed by atoms with E-state index in [1.54, 1.807) is 17.9 Å². The topological polar surface area (TPSA) is 87.4 Å². The van der Waals surface area contributed by atoms with Gasteiger partial charge >= 0.3 is 6.18 Å². The van der Waals surface area contributed by atoms with Gasteiger partial charge in [-0.1, -0.05) is 23.4 Å². The van der Waals surface area contributed by atoms with Gasteiger partial charge in [-0.25, -0.2) is 9.37 Å². The molecule has 4 aliphatic rings. The summed E-state index contributed by atoms with van der Waals surface area (Å²) in [5, 5.41) is 24.4. The fourth-order valence-electron chi connectivity index (χ4n) is 7.41. The van der Waals surface area contributed by atoms with Crippen molar-refractivity contribution in [1.29, 1.82) is 0 Å². The van der Waals surface area contributed by atoms with Gasteiger partial charge in [-0.05, 0) is 80.4 Å². The number of rotatable bonds is 3. The first-order valence-corrected chi connectivity index (χ1v) is 13.4. The maximum absolute atomic E-state index is 13.5. The van der Waals surface area contributed by atoms with Crippen molar-refractivity contribution in [1.82, 2.24) is 9.55 Å². The van der Waals surface area contributed by atoms with E-state index in [1.165, 1.54) is 18.2 Å². The number of benzene rings is 1. The first kappa shape index (κ1) is 26.6. The summed E-state index contributed by atoms with van der Waals surface area (Å²) in [6, 6.07) is 3.94. The number of aliphatic hydroxyl groups is 2. The zero-order valence-corrected chi connectivity index (χ0v) is 21.9. The number of halogens is 5. The molecule has 1 aromatic carbocycles. The summed E-state index contributed by atoms with van der Waals surface area (Å²) >= 11 is 5.83. The van der Waals surface area contributed by atoms with Gasteiger partial charge in [0, 0.05) is 18.7 Å². The fraction of sp³-hybridized carbons (Fsp3) is 0.571. The number of hydrogen-bond acceptors (Lipinski definition) is 4. The van der Waals surface area contributed by atoms with Crippen LogP contribution in [0.25, 0.3) is 0 Å². The highest BCUT2D eigenvalue weighted by atomic mass is 35.5. The van der Waals surface area contributed by atoms with Gasteiger partial charge in [0.1, 0.15) is 22.7 Å². The van der Waals surface area contributed by atoms with Crippen LogP contribution in [0.4, 0.5) is 23.2 Å². The average molecular weight is 566 g/mol. The summed E-state index contributed by atoms with van der Waals surface area (Å²) in [5.74, 6) is 3.51. The number of hydrogen-bond donors (Lipinski definition) is 3. The highest BCUT2D eigenvalue weighted by Gasteiger charge is 2.74. The molecule has 4 fully saturated rings. The predicted octanol–water partition coefficient (Wildman–Crippen LogP) is 5.20. The van der Waals surface area contributed by atoms with Crippen molar-refractivity contribution < 1.29 is 32.6 Å². The molecular weight excluding hydrogens is 538 g/mol. The van der Waals surface area contributed by atoms with Gasteiger partial charge in [0.25, 0.3) is 5.91 Å². The molecule has 1 amide bonds. The third kappa shape index (κ3) is 4.72. The van der Waals surface area contributed by atoms with E-state index in [-0.39, 0.29) is 47.9 Å². The largest absolute Gasteiger partial charge is 0.392 e. The van der Waals surface area contributed by atoms with Crippen molar-refractivity contribution in [3.05, 3.63) is 46.8 Å². The van der Waals surface area contributed by atoms with Crippen LogP contribution in [0.2, 0.25) is 5.02 Å². The molecule has 1 heterocycles. The number of aromatic nitrogens is 2. The Kier molecular flexibility index (Phi) is 5.93. The van der Waals surface area contributed by atoms with E-state index in [4.69, 9.17) is 11.6 Å². The second kappa shape index (κ2) is 8.69. The molecule has 3 unspecified atom stereocenters. The molecule has 6 rings (SSSR count). The fourth-order valence-corrected chi connectivity index (χ4v) is 7.59. The molecule has 11 heteroatoms. The van der Waals surface area contributed by atoms with Gasteiger partial charge < -0.3 is 20.1 Å². The van der Waals surface area contributed by atoms with Crippen LogP contribution in [0.1, 0.15) is 67.0 Å². The van der Waals surface area contributed by atoms with Crippen molar-refractivity contribution in [3.63, 3.8) is 0 Å². The van der Waals surface area contributed by atoms with Crippen LogP contribution >= 0.6 is 11.6 Å². The number of amides is 1. The Labute approximate surface area is 227 Å². The van der Waals surface area contributed by atoms with Crippen LogP contribution in [0.3, 0.4) is 0 Å². The zero-order chi connectivity index (χ0) is 28.0. The lowest BCUT2D eigenvalue weighted by atomic mass is 9.67. The summed E-state index contributed by atoms with van der Waals surface area (Å²) in [5.41, 5.74) is -2.22. The predicted molar refractivity (Wildman–Crippen MR) is 134 cm³/mol. The Morgan fingerprint density at radius 2 is 1.77 bits per heavy atom. The normalized spacial score (nSPS) is 36.7. The number of nitrogens with zero attached hydrogens (tertiary/aromatic N) is 2. The molecule has 0 radical (unpaired) electrons. The van der Waals surface area contributed by atoms with Crippen molar-refractivity contribution in [3.8, 4) is 11.8 Å². The maximum Gasteiger partial charge on any atom is 0.392 e. The van der Waals surface area contributed by atoms with E-state index >= 15 is 0 Å². The van der Waals surface area contributed by atoms with Gasteiger partial charge in [-0.3, -0.25) is 4.79 Å². The third-order valence-electron chi connectivity index (χ3n) is 9.19. The van der Waals surface area contributed by atoms with Crippen LogP contribution in [0.5, 0.6) is 0 Å². The smallest absolute Gasteiger partial charge is 0.378 e. The molecule has 3 N–H and O–H groups in total. The van der Waals surface area contributed by atoms with E-state index in [0.717, 1.165) is 0 Å². The van der Waals surface area contributed by atoms with Crippen LogP contribution in [0, 0.1) is 40.8 Å². The number of fused-ring (bicyclic) bond motifs is 1. The number of carbonyl (C=O) groups is 1. The molecule has 4 aliphatic carbocycles. The second-order valence-corrected chi connectivity index (χ2v) is 12.5. The summed E-state index contributed by atoms with van der Waals surface area (Å²) in [7, 11) is 1.72.